The fourth-order valence-electron chi connectivity index (χ4n) is 13.4. The molecule has 9 aliphatic rings. The van der Waals surface area contributed by atoms with Crippen molar-refractivity contribution in [1.29, 1.82) is 0 Å². The second-order valence-electron chi connectivity index (χ2n) is 35.7. The van der Waals surface area contributed by atoms with E-state index in [1.54, 1.807) is 12.2 Å². The summed E-state index contributed by atoms with van der Waals surface area (Å²) in [6.45, 7) is 32.2. The number of ether oxygens (including phenoxy) is 7. The minimum absolute atomic E-state index is 0.0137. The van der Waals surface area contributed by atoms with E-state index in [4.69, 9.17) is 42.5 Å². The topological polar surface area (TPSA) is 172 Å². The summed E-state index contributed by atoms with van der Waals surface area (Å²) in [4.78, 5) is 48.6. The zero-order valence-corrected chi connectivity index (χ0v) is 68.6. The van der Waals surface area contributed by atoms with Gasteiger partial charge in [0.25, 0.3) is 11.8 Å². The lowest BCUT2D eigenvalue weighted by atomic mass is 9.72. The van der Waals surface area contributed by atoms with E-state index in [-0.39, 0.29) is 81.1 Å². The van der Waals surface area contributed by atoms with E-state index >= 15 is 0 Å². The number of carboxylic acids is 1. The summed E-state index contributed by atoms with van der Waals surface area (Å²) in [6, 6.07) is 23.0. The van der Waals surface area contributed by atoms with Gasteiger partial charge in [0.15, 0.2) is 0 Å². The predicted octanol–water partition coefficient (Wildman–Crippen LogP) is 22.6. The fraction of sp³-hybridized carbons (Fsp3) is 0.628. The Labute approximate surface area is 652 Å². The van der Waals surface area contributed by atoms with Crippen LogP contribution in [0.25, 0.3) is 5.57 Å². The predicted molar refractivity (Wildman–Crippen MR) is 410 cm³/mol. The zero-order valence-electron chi connectivity index (χ0n) is 67.0. The molecular weight excluding hydrogens is 1500 g/mol. The number of allylic oxidation sites excluding steroid dienone is 4. The second-order valence-corrected chi connectivity index (χ2v) is 36.5. The van der Waals surface area contributed by atoms with Crippen molar-refractivity contribution in [3.05, 3.63) is 134 Å². The first-order valence-corrected chi connectivity index (χ1v) is 39.5. The van der Waals surface area contributed by atoms with E-state index in [0.29, 0.717) is 113 Å². The molecule has 14 nitrogen and oxygen atoms in total. The molecular formula is C86H112BBrF8O14. The van der Waals surface area contributed by atoms with Gasteiger partial charge in [0, 0.05) is 108 Å². The van der Waals surface area contributed by atoms with Crippen LogP contribution < -0.4 is 18.9 Å². The van der Waals surface area contributed by atoms with E-state index in [0.717, 1.165) is 54.5 Å². The Balaban J connectivity index is 0.000000160. The zero-order chi connectivity index (χ0) is 81.4. The van der Waals surface area contributed by atoms with Crippen molar-refractivity contribution in [1.82, 2.24) is 0 Å². The van der Waals surface area contributed by atoms with Crippen LogP contribution in [-0.2, 0) is 42.7 Å². The van der Waals surface area contributed by atoms with Crippen LogP contribution in [0, 0.1) is 27.7 Å². The molecule has 6 saturated carbocycles. The average Bonchev–Trinajstić information content (AvgIpc) is 1.63. The Bertz CT molecular complexity index is 4020. The number of aryl methyl sites for hydroxylation is 4. The van der Waals surface area contributed by atoms with Gasteiger partial charge in [0.05, 0.1) is 15.7 Å². The molecule has 0 atom stereocenters. The van der Waals surface area contributed by atoms with Gasteiger partial charge in [-0.15, -0.1) is 0 Å². The smallest absolute Gasteiger partial charge is 0.478 e. The third-order valence-corrected chi connectivity index (χ3v) is 22.0. The Kier molecular flexibility index (Phi) is 25.9. The standard InChI is InChI=1S/C21H28F2O3.C21H26F2O3.C17H20F2O3.C15H19BrO3.C12H19BF2O2/c2*1-14-5-6-16(15-7-9-21(22,23)10-8-15)17(13-14)25-20(11-12-20)18(24)26-19(2,3)4;1-11-2-3-13(12-4-6-17(18,19)7-5-12)14(10-11)22-16(8-9-16)15(20)21;1-10-5-6-11(16)12(9-10)18-15(7-8-15)13(17)19-14(2,3)4;1-10(2)11(3,4)17-13(16-10)9-5-7-12(14,15)8-6-9/h5-6,13,15H,7-12H2,1-4H3;5-7,13H,8-12H2,1-4H3;2-3,10,12H,4-9H2,1H3,(H,20,21);5-6,9H,7-8H2,1-4H3;5H,6-8H2,1-4H3. The van der Waals surface area contributed by atoms with Gasteiger partial charge in [-0.3, -0.25) is 0 Å². The lowest BCUT2D eigenvalue weighted by molar-refractivity contribution is -0.166. The van der Waals surface area contributed by atoms with Gasteiger partial charge in [-0.1, -0.05) is 54.6 Å². The van der Waals surface area contributed by atoms with Crippen molar-refractivity contribution in [2.45, 2.75) is 345 Å². The highest BCUT2D eigenvalue weighted by atomic mass is 79.9. The molecule has 0 radical (unpaired) electrons. The SMILES string of the molecule is CC1(C)OB(C2=CCC(F)(F)CC2)OC1(C)C.Cc1ccc(Br)c(OC2(C(=O)OC(C)(C)C)CC2)c1.Cc1ccc(C2=CCC(F)(F)CC2)c(OC2(C(=O)OC(C)(C)C)CC2)c1.Cc1ccc(C2CCC(F)(F)CC2)c(OC2(C(=O)O)CC2)c1.Cc1ccc(C2CCC(F)(F)CC2)c(OC2(C(=O)OC(C)(C)C)CC2)c1. The Morgan fingerprint density at radius 2 is 0.755 bits per heavy atom. The summed E-state index contributed by atoms with van der Waals surface area (Å²) in [5.74, 6) is -9.72. The largest absolute Gasteiger partial charge is 0.490 e. The van der Waals surface area contributed by atoms with Crippen LogP contribution in [0.1, 0.15) is 282 Å². The number of halogens is 9. The molecule has 110 heavy (non-hydrogen) atoms. The number of rotatable bonds is 16. The van der Waals surface area contributed by atoms with Gasteiger partial charge in [-0.2, -0.15) is 0 Å². The average molecular weight is 1610 g/mol. The summed E-state index contributed by atoms with van der Waals surface area (Å²) >= 11 is 3.44. The van der Waals surface area contributed by atoms with Crippen molar-refractivity contribution < 1.29 is 102 Å². The first-order valence-electron chi connectivity index (χ1n) is 38.7. The molecule has 0 amide bonds. The summed E-state index contributed by atoms with van der Waals surface area (Å²) < 4.78 is 160. The van der Waals surface area contributed by atoms with Crippen molar-refractivity contribution in [2.24, 2.45) is 0 Å². The quantitative estimate of drug-likeness (QED) is 0.0486. The third-order valence-electron chi connectivity index (χ3n) is 21.4. The number of hydrogen-bond acceptors (Lipinski definition) is 13. The van der Waals surface area contributed by atoms with Crippen molar-refractivity contribution in [3.63, 3.8) is 0 Å². The van der Waals surface area contributed by atoms with Crippen LogP contribution in [-0.4, -0.2) is 110 Å². The van der Waals surface area contributed by atoms with Crippen LogP contribution in [0.2, 0.25) is 0 Å². The lowest BCUT2D eigenvalue weighted by Gasteiger charge is -2.32. The van der Waals surface area contributed by atoms with Crippen LogP contribution in [0.4, 0.5) is 35.1 Å². The molecule has 7 fully saturated rings. The van der Waals surface area contributed by atoms with Crippen molar-refractivity contribution in [3.8, 4) is 23.0 Å². The molecule has 1 saturated heterocycles. The molecule has 0 aromatic heterocycles. The van der Waals surface area contributed by atoms with E-state index in [1.807, 2.05) is 190 Å². The second kappa shape index (κ2) is 32.7. The number of carbonyl (C=O) groups is 4. The number of benzene rings is 4. The number of carboxylic acid groups (broad SMARTS) is 1. The van der Waals surface area contributed by atoms with Crippen molar-refractivity contribution >= 4 is 52.5 Å². The van der Waals surface area contributed by atoms with E-state index in [1.165, 1.54) is 0 Å². The maximum atomic E-state index is 13.5. The first-order chi connectivity index (χ1) is 50.7. The summed E-state index contributed by atoms with van der Waals surface area (Å²) in [5, 5.41) is 9.28. The summed E-state index contributed by atoms with van der Waals surface area (Å²) in [7, 11) is -0.462. The molecule has 1 heterocycles. The molecule has 4 aromatic carbocycles. The van der Waals surface area contributed by atoms with Gasteiger partial charge in [-0.05, 0) is 259 Å². The van der Waals surface area contributed by atoms with Gasteiger partial charge in [0.2, 0.25) is 34.2 Å². The molecule has 606 valence electrons. The molecule has 0 bridgehead atoms. The molecule has 24 heteroatoms. The van der Waals surface area contributed by atoms with E-state index in [2.05, 4.69) is 15.9 Å². The first kappa shape index (κ1) is 87.3. The molecule has 1 aliphatic heterocycles. The minimum atomic E-state index is -2.64. The highest BCUT2D eigenvalue weighted by Gasteiger charge is 2.59. The molecule has 13 rings (SSSR count). The molecule has 1 N–H and O–H groups in total. The van der Waals surface area contributed by atoms with Gasteiger partial charge < -0.3 is 47.6 Å². The van der Waals surface area contributed by atoms with Crippen LogP contribution in [0.3, 0.4) is 0 Å². The number of alkyl halides is 8. The maximum Gasteiger partial charge on any atom is 0.490 e. The summed E-state index contributed by atoms with van der Waals surface area (Å²) in [5.41, 5.74) is 2.17. The highest BCUT2D eigenvalue weighted by Crippen LogP contribution is 2.52. The van der Waals surface area contributed by atoms with Crippen LogP contribution in [0.15, 0.2) is 94.9 Å². The van der Waals surface area contributed by atoms with E-state index in [9.17, 15) is 59.4 Å². The molecule has 0 spiro atoms. The Morgan fingerprint density at radius 3 is 1.10 bits per heavy atom. The number of esters is 3. The number of hydrogen-bond donors (Lipinski definition) is 1. The molecule has 4 aromatic rings. The Morgan fingerprint density at radius 1 is 0.427 bits per heavy atom. The highest BCUT2D eigenvalue weighted by molar-refractivity contribution is 9.10. The van der Waals surface area contributed by atoms with Gasteiger partial charge in [-0.25, -0.2) is 54.3 Å². The summed E-state index contributed by atoms with van der Waals surface area (Å²) in [6.07, 6.45) is 9.22. The normalized spacial score (nSPS) is 22.3. The molecule has 0 unspecified atom stereocenters. The monoisotopic (exact) mass is 1610 g/mol. The van der Waals surface area contributed by atoms with Gasteiger partial charge >= 0.3 is 31.0 Å². The van der Waals surface area contributed by atoms with Gasteiger partial charge in [0.1, 0.15) is 39.8 Å². The third kappa shape index (κ3) is 23.7. The maximum absolute atomic E-state index is 13.5. The Hall–Kier alpha value is -6.66. The number of aliphatic carboxylic acids is 1. The van der Waals surface area contributed by atoms with Crippen molar-refractivity contribution in [2.75, 3.05) is 0 Å². The molecule has 8 aliphatic carbocycles. The minimum Gasteiger partial charge on any atom is -0.478 e. The lowest BCUT2D eigenvalue weighted by Crippen LogP contribution is -2.41. The van der Waals surface area contributed by atoms with Crippen LogP contribution >= 0.6 is 15.9 Å². The fourth-order valence-corrected chi connectivity index (χ4v) is 13.7. The van der Waals surface area contributed by atoms with Crippen LogP contribution in [0.5, 0.6) is 23.0 Å². The number of carbonyl (C=O) groups excluding carboxylic acids is 3. The van der Waals surface area contributed by atoms with E-state index < -0.39 is 87.2 Å².